The summed E-state index contributed by atoms with van der Waals surface area (Å²) >= 11 is 0. The van der Waals surface area contributed by atoms with E-state index in [0.29, 0.717) is 36.3 Å². The zero-order valence-corrected chi connectivity index (χ0v) is 17.0. The molecule has 0 aliphatic carbocycles. The standard InChI is InChI=1S/C22H28N2O4/c1-6-14-24-16(4)19(15(3)20(24)22(26)28-7-2)21(25)23-13-12-17-8-10-18(27-5)11-9-17/h6,8-11H,1,7,12-14H2,2-5H3,(H,23,25). The molecule has 6 heteroatoms. The molecule has 0 radical (unpaired) electrons. The number of hydrogen-bond acceptors (Lipinski definition) is 4. The lowest BCUT2D eigenvalue weighted by molar-refractivity contribution is 0.0513. The van der Waals surface area contributed by atoms with Crippen molar-refractivity contribution < 1.29 is 19.1 Å². The number of ether oxygens (including phenoxy) is 2. The highest BCUT2D eigenvalue weighted by Gasteiger charge is 2.26. The van der Waals surface area contributed by atoms with Gasteiger partial charge in [-0.25, -0.2) is 4.79 Å². The van der Waals surface area contributed by atoms with Gasteiger partial charge in [-0.1, -0.05) is 18.2 Å². The molecule has 6 nitrogen and oxygen atoms in total. The van der Waals surface area contributed by atoms with Crippen LogP contribution in [0.2, 0.25) is 0 Å². The van der Waals surface area contributed by atoms with E-state index in [-0.39, 0.29) is 12.5 Å². The maximum Gasteiger partial charge on any atom is 0.355 e. The van der Waals surface area contributed by atoms with E-state index in [1.807, 2.05) is 31.2 Å². The summed E-state index contributed by atoms with van der Waals surface area (Å²) in [7, 11) is 1.63. The minimum atomic E-state index is -0.428. The van der Waals surface area contributed by atoms with Gasteiger partial charge < -0.3 is 19.4 Å². The molecule has 0 aliphatic heterocycles. The van der Waals surface area contributed by atoms with Crippen molar-refractivity contribution in [1.29, 1.82) is 0 Å². The number of rotatable bonds is 9. The van der Waals surface area contributed by atoms with Gasteiger partial charge in [0.25, 0.3) is 5.91 Å². The second-order valence-corrected chi connectivity index (χ2v) is 6.41. The molecular formula is C22H28N2O4. The summed E-state index contributed by atoms with van der Waals surface area (Å²) in [4.78, 5) is 25.2. The number of benzene rings is 1. The van der Waals surface area contributed by atoms with E-state index in [4.69, 9.17) is 9.47 Å². The summed E-state index contributed by atoms with van der Waals surface area (Å²) in [5.74, 6) is 0.174. The fraction of sp³-hybridized carbons (Fsp3) is 0.364. The zero-order valence-electron chi connectivity index (χ0n) is 17.0. The van der Waals surface area contributed by atoms with E-state index in [9.17, 15) is 9.59 Å². The van der Waals surface area contributed by atoms with Crippen molar-refractivity contribution in [2.45, 2.75) is 33.7 Å². The van der Waals surface area contributed by atoms with Crippen molar-refractivity contribution in [1.82, 2.24) is 9.88 Å². The monoisotopic (exact) mass is 384 g/mol. The third-order valence-corrected chi connectivity index (χ3v) is 4.63. The number of allylic oxidation sites excluding steroid dienone is 1. The fourth-order valence-electron chi connectivity index (χ4n) is 3.25. The molecule has 0 aliphatic rings. The van der Waals surface area contributed by atoms with Crippen LogP contribution < -0.4 is 10.1 Å². The lowest BCUT2D eigenvalue weighted by Gasteiger charge is -2.09. The van der Waals surface area contributed by atoms with Gasteiger partial charge in [-0.15, -0.1) is 6.58 Å². The van der Waals surface area contributed by atoms with Crippen LogP contribution in [0, 0.1) is 13.8 Å². The molecule has 28 heavy (non-hydrogen) atoms. The first-order valence-electron chi connectivity index (χ1n) is 9.33. The Morgan fingerprint density at radius 1 is 1.21 bits per heavy atom. The van der Waals surface area contributed by atoms with E-state index in [2.05, 4.69) is 11.9 Å². The number of carbonyl (C=O) groups is 2. The van der Waals surface area contributed by atoms with Crippen molar-refractivity contribution >= 4 is 11.9 Å². The van der Waals surface area contributed by atoms with Crippen LogP contribution >= 0.6 is 0 Å². The van der Waals surface area contributed by atoms with Crippen LogP contribution in [-0.4, -0.2) is 36.7 Å². The minimum Gasteiger partial charge on any atom is -0.497 e. The summed E-state index contributed by atoms with van der Waals surface area (Å²) in [6, 6.07) is 7.74. The molecule has 0 spiro atoms. The Bertz CT molecular complexity index is 850. The number of amides is 1. The highest BCUT2D eigenvalue weighted by atomic mass is 16.5. The van der Waals surface area contributed by atoms with Gasteiger partial charge >= 0.3 is 5.97 Å². The third-order valence-electron chi connectivity index (χ3n) is 4.63. The number of esters is 1. The van der Waals surface area contributed by atoms with E-state index in [1.54, 1.807) is 31.6 Å². The molecule has 0 bridgehead atoms. The van der Waals surface area contributed by atoms with Crippen molar-refractivity contribution in [3.05, 3.63) is 65.0 Å². The second-order valence-electron chi connectivity index (χ2n) is 6.41. The highest BCUT2D eigenvalue weighted by Crippen LogP contribution is 2.23. The number of methoxy groups -OCH3 is 1. The van der Waals surface area contributed by atoms with Crippen molar-refractivity contribution in [2.75, 3.05) is 20.3 Å². The quantitative estimate of drug-likeness (QED) is 0.531. The van der Waals surface area contributed by atoms with Gasteiger partial charge in [0.15, 0.2) is 0 Å². The molecule has 1 heterocycles. The summed E-state index contributed by atoms with van der Waals surface area (Å²) in [5, 5.41) is 2.95. The normalized spacial score (nSPS) is 10.4. The van der Waals surface area contributed by atoms with Crippen molar-refractivity contribution in [3.8, 4) is 5.75 Å². The summed E-state index contributed by atoms with van der Waals surface area (Å²) in [6.07, 6.45) is 2.40. The fourth-order valence-corrected chi connectivity index (χ4v) is 3.25. The van der Waals surface area contributed by atoms with Crippen LogP contribution in [0.1, 0.15) is 44.6 Å². The Hall–Kier alpha value is -3.02. The molecule has 1 amide bonds. The largest absolute Gasteiger partial charge is 0.497 e. The molecule has 0 saturated heterocycles. The van der Waals surface area contributed by atoms with Crippen molar-refractivity contribution in [3.63, 3.8) is 0 Å². The average molecular weight is 384 g/mol. The SMILES string of the molecule is C=CCn1c(C)c(C(=O)NCCc2ccc(OC)cc2)c(C)c1C(=O)OCC. The van der Waals surface area contributed by atoms with Gasteiger partial charge in [0.05, 0.1) is 19.3 Å². The van der Waals surface area contributed by atoms with Gasteiger partial charge in [-0.05, 0) is 50.5 Å². The lowest BCUT2D eigenvalue weighted by Crippen LogP contribution is -2.26. The molecule has 0 unspecified atom stereocenters. The number of carbonyl (C=O) groups excluding carboxylic acids is 2. The Morgan fingerprint density at radius 3 is 2.46 bits per heavy atom. The van der Waals surface area contributed by atoms with E-state index in [1.165, 1.54) is 0 Å². The first kappa shape index (κ1) is 21.3. The van der Waals surface area contributed by atoms with Gasteiger partial charge in [0.1, 0.15) is 11.4 Å². The molecular weight excluding hydrogens is 356 g/mol. The number of aromatic nitrogens is 1. The van der Waals surface area contributed by atoms with Gasteiger partial charge in [0.2, 0.25) is 0 Å². The third kappa shape index (κ3) is 4.63. The van der Waals surface area contributed by atoms with Crippen LogP contribution in [0.3, 0.4) is 0 Å². The molecule has 150 valence electrons. The van der Waals surface area contributed by atoms with E-state index in [0.717, 1.165) is 17.0 Å². The first-order chi connectivity index (χ1) is 13.4. The van der Waals surface area contributed by atoms with E-state index >= 15 is 0 Å². The van der Waals surface area contributed by atoms with Crippen molar-refractivity contribution in [2.24, 2.45) is 0 Å². The summed E-state index contributed by atoms with van der Waals surface area (Å²) in [5.41, 5.74) is 3.37. The highest BCUT2D eigenvalue weighted by molar-refractivity contribution is 6.01. The molecule has 1 aromatic heterocycles. The summed E-state index contributed by atoms with van der Waals surface area (Å²) < 4.78 is 12.1. The molecule has 1 N–H and O–H groups in total. The van der Waals surface area contributed by atoms with Gasteiger partial charge in [-0.2, -0.15) is 0 Å². The Morgan fingerprint density at radius 2 is 1.89 bits per heavy atom. The Balaban J connectivity index is 2.16. The Labute approximate surface area is 166 Å². The topological polar surface area (TPSA) is 69.6 Å². The first-order valence-corrected chi connectivity index (χ1v) is 9.33. The maximum atomic E-state index is 12.8. The van der Waals surface area contributed by atoms with Gasteiger partial charge in [0, 0.05) is 18.8 Å². The van der Waals surface area contributed by atoms with Crippen LogP contribution in [-0.2, 0) is 17.7 Å². The zero-order chi connectivity index (χ0) is 20.7. The number of nitrogens with one attached hydrogen (secondary N) is 1. The number of nitrogens with zero attached hydrogens (tertiary/aromatic N) is 1. The maximum absolute atomic E-state index is 12.8. The number of hydrogen-bond donors (Lipinski definition) is 1. The van der Waals surface area contributed by atoms with Crippen LogP contribution in [0.4, 0.5) is 0 Å². The van der Waals surface area contributed by atoms with E-state index < -0.39 is 5.97 Å². The molecule has 0 atom stereocenters. The molecule has 2 rings (SSSR count). The molecule has 1 aromatic carbocycles. The van der Waals surface area contributed by atoms with Gasteiger partial charge in [-0.3, -0.25) is 4.79 Å². The molecule has 0 fully saturated rings. The minimum absolute atomic E-state index is 0.197. The predicted molar refractivity (Wildman–Crippen MR) is 109 cm³/mol. The predicted octanol–water partition coefficient (Wildman–Crippen LogP) is 3.45. The Kier molecular flexibility index (Phi) is 7.44. The smallest absolute Gasteiger partial charge is 0.355 e. The summed E-state index contributed by atoms with van der Waals surface area (Å²) in [6.45, 7) is 10.3. The second kappa shape index (κ2) is 9.78. The lowest BCUT2D eigenvalue weighted by atomic mass is 10.1. The average Bonchev–Trinajstić information content (AvgIpc) is 2.92. The molecule has 0 saturated carbocycles. The van der Waals surface area contributed by atoms with Crippen LogP contribution in [0.15, 0.2) is 36.9 Å². The molecule has 2 aromatic rings. The van der Waals surface area contributed by atoms with Crippen LogP contribution in [0.25, 0.3) is 0 Å². The van der Waals surface area contributed by atoms with Crippen LogP contribution in [0.5, 0.6) is 5.75 Å².